The molecule has 0 amide bonds. The number of benzene rings is 1. The molecule has 0 aliphatic rings. The minimum Gasteiger partial charge on any atom is -0.478 e. The first-order chi connectivity index (χ1) is 7.06. The van der Waals surface area contributed by atoms with E-state index in [4.69, 9.17) is 5.11 Å². The van der Waals surface area contributed by atoms with Crippen molar-refractivity contribution < 1.29 is 14.1 Å². The fraction of sp³-hybridized carbons (Fsp3) is 0.222. The average molecular weight is 292 g/mol. The molecule has 1 rings (SSSR count). The second-order valence-corrected chi connectivity index (χ2v) is 5.03. The van der Waals surface area contributed by atoms with Crippen molar-refractivity contribution in [3.05, 3.63) is 28.2 Å². The van der Waals surface area contributed by atoms with E-state index >= 15 is 0 Å². The summed E-state index contributed by atoms with van der Waals surface area (Å²) in [6.45, 7) is 1.75. The fourth-order valence-corrected chi connectivity index (χ4v) is 2.18. The summed E-state index contributed by atoms with van der Waals surface area (Å²) in [5, 5.41) is 8.92. The second kappa shape index (κ2) is 5.27. The number of nitrogens with one attached hydrogen (secondary N) is 1. The van der Waals surface area contributed by atoms with Crippen molar-refractivity contribution in [2.24, 2.45) is 0 Å². The molecule has 0 heterocycles. The van der Waals surface area contributed by atoms with Crippen LogP contribution in [0.3, 0.4) is 0 Å². The molecule has 15 heavy (non-hydrogen) atoms. The molecular formula is C9H10BrNO3S. The number of halogens is 1. The Morgan fingerprint density at radius 2 is 2.27 bits per heavy atom. The summed E-state index contributed by atoms with van der Waals surface area (Å²) in [5.41, 5.74) is 0.455. The van der Waals surface area contributed by atoms with Gasteiger partial charge in [-0.1, -0.05) is 13.0 Å². The van der Waals surface area contributed by atoms with Gasteiger partial charge in [-0.05, 0) is 28.1 Å². The summed E-state index contributed by atoms with van der Waals surface area (Å²) < 4.78 is 14.5. The summed E-state index contributed by atoms with van der Waals surface area (Å²) >= 11 is 3.21. The van der Waals surface area contributed by atoms with Crippen molar-refractivity contribution in [3.63, 3.8) is 0 Å². The quantitative estimate of drug-likeness (QED) is 0.894. The highest BCUT2D eigenvalue weighted by Gasteiger charge is 2.13. The maximum atomic E-state index is 11.3. The lowest BCUT2D eigenvalue weighted by molar-refractivity contribution is 0.0698. The lowest BCUT2D eigenvalue weighted by Gasteiger charge is -2.09. The van der Waals surface area contributed by atoms with E-state index in [9.17, 15) is 9.00 Å². The van der Waals surface area contributed by atoms with E-state index in [1.165, 1.54) is 6.07 Å². The van der Waals surface area contributed by atoms with Gasteiger partial charge in [0.2, 0.25) is 0 Å². The third-order valence-electron chi connectivity index (χ3n) is 1.72. The van der Waals surface area contributed by atoms with Gasteiger partial charge >= 0.3 is 5.97 Å². The number of carboxylic acids is 1. The Bertz CT molecular complexity index is 408. The van der Waals surface area contributed by atoms with Crippen LogP contribution in [0.25, 0.3) is 0 Å². The van der Waals surface area contributed by atoms with Gasteiger partial charge < -0.3 is 9.83 Å². The predicted molar refractivity (Wildman–Crippen MR) is 63.4 cm³/mol. The molecule has 1 atom stereocenters. The van der Waals surface area contributed by atoms with Crippen LogP contribution in [0.1, 0.15) is 17.3 Å². The number of hydrogen-bond acceptors (Lipinski definition) is 2. The van der Waals surface area contributed by atoms with Gasteiger partial charge in [0, 0.05) is 10.2 Å². The van der Waals surface area contributed by atoms with Crippen LogP contribution in [0.2, 0.25) is 0 Å². The molecule has 0 aliphatic carbocycles. The van der Waals surface area contributed by atoms with Crippen LogP contribution in [0.4, 0.5) is 5.69 Å². The van der Waals surface area contributed by atoms with Gasteiger partial charge in [-0.15, -0.1) is 0 Å². The lowest BCUT2D eigenvalue weighted by atomic mass is 10.2. The highest BCUT2D eigenvalue weighted by molar-refractivity contribution is 9.10. The Hall–Kier alpha value is -0.880. The fourth-order valence-electron chi connectivity index (χ4n) is 0.992. The minimum absolute atomic E-state index is 0.103. The van der Waals surface area contributed by atoms with Gasteiger partial charge in [-0.25, -0.2) is 9.00 Å². The molecule has 0 saturated heterocycles. The Balaban J connectivity index is 3.13. The molecule has 6 heteroatoms. The maximum absolute atomic E-state index is 11.3. The van der Waals surface area contributed by atoms with E-state index in [2.05, 4.69) is 20.7 Å². The Labute approximate surface area is 98.4 Å². The van der Waals surface area contributed by atoms with E-state index in [1.54, 1.807) is 19.1 Å². The highest BCUT2D eigenvalue weighted by Crippen LogP contribution is 2.26. The third kappa shape index (κ3) is 3.04. The van der Waals surface area contributed by atoms with Crippen molar-refractivity contribution in [2.45, 2.75) is 6.92 Å². The molecule has 0 radical (unpaired) electrons. The minimum atomic E-state index is -1.26. The molecule has 2 N–H and O–H groups in total. The van der Waals surface area contributed by atoms with Gasteiger partial charge in [0.25, 0.3) is 0 Å². The summed E-state index contributed by atoms with van der Waals surface area (Å²) in [4.78, 5) is 10.9. The normalized spacial score (nSPS) is 12.1. The summed E-state index contributed by atoms with van der Waals surface area (Å²) in [6, 6.07) is 4.78. The van der Waals surface area contributed by atoms with Crippen LogP contribution in [0.15, 0.2) is 22.7 Å². The molecule has 0 bridgehead atoms. The summed E-state index contributed by atoms with van der Waals surface area (Å²) in [6.07, 6.45) is 0. The maximum Gasteiger partial charge on any atom is 0.337 e. The van der Waals surface area contributed by atoms with Crippen LogP contribution in [0, 0.1) is 0 Å². The number of aromatic carboxylic acids is 1. The number of para-hydroxylation sites is 1. The SMILES string of the molecule is CCS(=O)Nc1c(Br)cccc1C(=O)O. The van der Waals surface area contributed by atoms with Crippen LogP contribution in [-0.4, -0.2) is 21.0 Å². The van der Waals surface area contributed by atoms with Gasteiger partial charge in [0.1, 0.15) is 11.0 Å². The number of carbonyl (C=O) groups is 1. The number of carboxylic acid groups (broad SMARTS) is 1. The number of rotatable bonds is 4. The Morgan fingerprint density at radius 3 is 2.80 bits per heavy atom. The first kappa shape index (κ1) is 12.2. The molecule has 1 aromatic rings. The zero-order valence-corrected chi connectivity index (χ0v) is 10.4. The van der Waals surface area contributed by atoms with Crippen molar-refractivity contribution >= 4 is 38.6 Å². The molecule has 0 spiro atoms. The molecule has 1 unspecified atom stereocenters. The molecule has 0 fully saturated rings. The van der Waals surface area contributed by atoms with E-state index in [0.29, 0.717) is 15.9 Å². The average Bonchev–Trinajstić information content (AvgIpc) is 2.20. The zero-order chi connectivity index (χ0) is 11.4. The van der Waals surface area contributed by atoms with E-state index in [-0.39, 0.29) is 5.56 Å². The molecule has 1 aromatic carbocycles. The van der Waals surface area contributed by atoms with Crippen LogP contribution < -0.4 is 4.72 Å². The second-order valence-electron chi connectivity index (χ2n) is 2.70. The first-order valence-corrected chi connectivity index (χ1v) is 6.34. The van der Waals surface area contributed by atoms with Gasteiger partial charge in [-0.2, -0.15) is 0 Å². The predicted octanol–water partition coefficient (Wildman–Crippen LogP) is 2.24. The van der Waals surface area contributed by atoms with Gasteiger partial charge in [0.05, 0.1) is 11.3 Å². The standard InChI is InChI=1S/C9H10BrNO3S/c1-2-15(14)11-8-6(9(12)13)4-3-5-7(8)10/h3-5,11H,2H2,1H3,(H,12,13). The first-order valence-electron chi connectivity index (χ1n) is 4.23. The molecule has 0 aliphatic heterocycles. The van der Waals surface area contributed by atoms with Crippen LogP contribution >= 0.6 is 15.9 Å². The number of hydrogen-bond donors (Lipinski definition) is 2. The molecule has 0 aromatic heterocycles. The monoisotopic (exact) mass is 291 g/mol. The van der Waals surface area contributed by atoms with Crippen molar-refractivity contribution in [1.82, 2.24) is 0 Å². The molecule has 4 nitrogen and oxygen atoms in total. The molecule has 82 valence electrons. The molecule has 0 saturated carbocycles. The smallest absolute Gasteiger partial charge is 0.337 e. The zero-order valence-electron chi connectivity index (χ0n) is 7.99. The van der Waals surface area contributed by atoms with Gasteiger partial charge in [0.15, 0.2) is 0 Å². The Kier molecular flexibility index (Phi) is 4.28. The van der Waals surface area contributed by atoms with Crippen LogP contribution in [0.5, 0.6) is 0 Å². The highest BCUT2D eigenvalue weighted by atomic mass is 79.9. The van der Waals surface area contributed by atoms with E-state index in [0.717, 1.165) is 0 Å². The summed E-state index contributed by atoms with van der Waals surface area (Å²) in [7, 11) is -1.26. The van der Waals surface area contributed by atoms with Crippen LogP contribution in [-0.2, 0) is 11.0 Å². The van der Waals surface area contributed by atoms with E-state index < -0.39 is 17.0 Å². The Morgan fingerprint density at radius 1 is 1.60 bits per heavy atom. The van der Waals surface area contributed by atoms with Crippen molar-refractivity contribution in [1.29, 1.82) is 0 Å². The third-order valence-corrected chi connectivity index (χ3v) is 3.34. The van der Waals surface area contributed by atoms with E-state index in [1.807, 2.05) is 0 Å². The molecular weight excluding hydrogens is 282 g/mol. The largest absolute Gasteiger partial charge is 0.478 e. The van der Waals surface area contributed by atoms with Gasteiger partial charge in [-0.3, -0.25) is 0 Å². The summed E-state index contributed by atoms with van der Waals surface area (Å²) in [5.74, 6) is -0.632. The topological polar surface area (TPSA) is 66.4 Å². The van der Waals surface area contributed by atoms with Crippen molar-refractivity contribution in [2.75, 3.05) is 10.5 Å². The lowest BCUT2D eigenvalue weighted by Crippen LogP contribution is -2.11. The number of anilines is 1. The van der Waals surface area contributed by atoms with Crippen molar-refractivity contribution in [3.8, 4) is 0 Å².